The van der Waals surface area contributed by atoms with E-state index in [1.807, 2.05) is 0 Å². The number of rotatable bonds is 1. The van der Waals surface area contributed by atoms with Gasteiger partial charge in [0.05, 0.1) is 11.1 Å². The Kier molecular flexibility index (Phi) is 4.13. The van der Waals surface area contributed by atoms with Gasteiger partial charge in [-0.05, 0) is 18.2 Å². The molecule has 0 spiro atoms. The van der Waals surface area contributed by atoms with Gasteiger partial charge >= 0.3 is 6.18 Å². The van der Waals surface area contributed by atoms with Crippen LogP contribution in [-0.4, -0.2) is 10.9 Å². The summed E-state index contributed by atoms with van der Waals surface area (Å²) >= 11 is 3.91. The van der Waals surface area contributed by atoms with E-state index in [0.717, 1.165) is 18.2 Å². The van der Waals surface area contributed by atoms with E-state index in [4.69, 9.17) is 0 Å². The third-order valence-electron chi connectivity index (χ3n) is 1.78. The van der Waals surface area contributed by atoms with Gasteiger partial charge < -0.3 is 5.11 Å². The molecule has 0 bridgehead atoms. The van der Waals surface area contributed by atoms with Crippen LogP contribution in [0.5, 0.6) is 5.75 Å². The summed E-state index contributed by atoms with van der Waals surface area (Å²) in [6.07, 6.45) is -3.97. The Balaban J connectivity index is 3.06. The number of hydrogen-bond acceptors (Lipinski definition) is 2. The largest absolute Gasteiger partial charge is 0.507 e. The minimum Gasteiger partial charge on any atom is -0.507 e. The monoisotopic (exact) mass is 246 g/mol. The van der Waals surface area contributed by atoms with Crippen LogP contribution in [0.4, 0.5) is 13.2 Å². The van der Waals surface area contributed by atoms with E-state index in [9.17, 15) is 18.3 Å². The number of halogens is 3. The summed E-state index contributed by atoms with van der Waals surface area (Å²) in [6, 6.07) is 2.65. The predicted molar refractivity (Wildman–Crippen MR) is 58.5 cm³/mol. The molecule has 0 radical (unpaired) electrons. The van der Waals surface area contributed by atoms with Crippen molar-refractivity contribution >= 4 is 12.6 Å². The molecule has 1 nitrogen and oxygen atoms in total. The molecule has 0 heterocycles. The lowest BCUT2D eigenvalue weighted by Gasteiger charge is -2.07. The van der Waals surface area contributed by atoms with E-state index in [2.05, 4.69) is 24.5 Å². The SMILES string of the molecule is Oc1ccc(C(F)(F)F)cc1C#CCCS. The lowest BCUT2D eigenvalue weighted by molar-refractivity contribution is -0.137. The topological polar surface area (TPSA) is 20.2 Å². The number of alkyl halides is 3. The number of aromatic hydroxyl groups is 1. The van der Waals surface area contributed by atoms with Gasteiger partial charge in [-0.15, -0.1) is 0 Å². The summed E-state index contributed by atoms with van der Waals surface area (Å²) in [4.78, 5) is 0. The van der Waals surface area contributed by atoms with Crippen molar-refractivity contribution in [3.8, 4) is 17.6 Å². The summed E-state index contributed by atoms with van der Waals surface area (Å²) in [5.41, 5.74) is -0.836. The van der Waals surface area contributed by atoms with Crippen molar-refractivity contribution < 1.29 is 18.3 Å². The van der Waals surface area contributed by atoms with Crippen LogP contribution in [0.25, 0.3) is 0 Å². The third kappa shape index (κ3) is 3.38. The highest BCUT2D eigenvalue weighted by Crippen LogP contribution is 2.31. The summed E-state index contributed by atoms with van der Waals surface area (Å²) in [6.45, 7) is 0. The zero-order valence-electron chi connectivity index (χ0n) is 8.17. The first-order valence-corrected chi connectivity index (χ1v) is 5.08. The molecule has 86 valence electrons. The predicted octanol–water partition coefficient (Wildman–Crippen LogP) is 3.08. The second kappa shape index (κ2) is 5.17. The molecule has 0 aliphatic rings. The molecule has 0 atom stereocenters. The van der Waals surface area contributed by atoms with Gasteiger partial charge in [-0.3, -0.25) is 0 Å². The second-order valence-electron chi connectivity index (χ2n) is 3.01. The lowest BCUT2D eigenvalue weighted by Crippen LogP contribution is -2.04. The second-order valence-corrected chi connectivity index (χ2v) is 3.45. The average molecular weight is 246 g/mol. The van der Waals surface area contributed by atoms with Crippen molar-refractivity contribution in [2.75, 3.05) is 5.75 Å². The minimum absolute atomic E-state index is 0.0170. The Morgan fingerprint density at radius 3 is 2.56 bits per heavy atom. The van der Waals surface area contributed by atoms with Gasteiger partial charge in [-0.25, -0.2) is 0 Å². The molecule has 0 aliphatic carbocycles. The number of hydrogen-bond donors (Lipinski definition) is 2. The molecule has 0 saturated carbocycles. The van der Waals surface area contributed by atoms with Crippen molar-refractivity contribution in [3.05, 3.63) is 29.3 Å². The Bertz CT molecular complexity index is 429. The van der Waals surface area contributed by atoms with Gasteiger partial charge in [0.1, 0.15) is 5.75 Å². The average Bonchev–Trinajstić information content (AvgIpc) is 2.19. The summed E-state index contributed by atoms with van der Waals surface area (Å²) in [7, 11) is 0. The normalized spacial score (nSPS) is 10.8. The van der Waals surface area contributed by atoms with Gasteiger partial charge in [-0.1, -0.05) is 11.8 Å². The minimum atomic E-state index is -4.42. The van der Waals surface area contributed by atoms with Crippen LogP contribution in [0.2, 0.25) is 0 Å². The highest BCUT2D eigenvalue weighted by atomic mass is 32.1. The molecule has 1 rings (SSSR count). The Morgan fingerprint density at radius 2 is 2.00 bits per heavy atom. The van der Waals surface area contributed by atoms with E-state index in [1.54, 1.807) is 0 Å². The van der Waals surface area contributed by atoms with E-state index >= 15 is 0 Å². The fraction of sp³-hybridized carbons (Fsp3) is 0.273. The van der Waals surface area contributed by atoms with Gasteiger partial charge in [-0.2, -0.15) is 25.8 Å². The Morgan fingerprint density at radius 1 is 1.31 bits per heavy atom. The maximum atomic E-state index is 12.3. The number of benzene rings is 1. The lowest BCUT2D eigenvalue weighted by atomic mass is 10.1. The van der Waals surface area contributed by atoms with Crippen molar-refractivity contribution in [2.45, 2.75) is 12.6 Å². The van der Waals surface area contributed by atoms with Crippen LogP contribution in [0, 0.1) is 11.8 Å². The van der Waals surface area contributed by atoms with Gasteiger partial charge in [0, 0.05) is 12.2 Å². The van der Waals surface area contributed by atoms with Crippen LogP contribution in [0.1, 0.15) is 17.5 Å². The number of phenolic OH excluding ortho intramolecular Hbond substituents is 1. The van der Waals surface area contributed by atoms with E-state index in [0.29, 0.717) is 12.2 Å². The number of thiol groups is 1. The number of phenols is 1. The molecule has 1 aromatic carbocycles. The highest BCUT2D eigenvalue weighted by molar-refractivity contribution is 7.80. The van der Waals surface area contributed by atoms with Gasteiger partial charge in [0.2, 0.25) is 0 Å². The van der Waals surface area contributed by atoms with E-state index in [1.165, 1.54) is 0 Å². The van der Waals surface area contributed by atoms with E-state index in [-0.39, 0.29) is 11.3 Å². The molecular formula is C11H9F3OS. The molecule has 0 fully saturated rings. The smallest absolute Gasteiger partial charge is 0.416 e. The summed E-state index contributed by atoms with van der Waals surface area (Å²) in [5.74, 6) is 5.36. The molecule has 16 heavy (non-hydrogen) atoms. The first-order chi connectivity index (χ1) is 7.45. The maximum Gasteiger partial charge on any atom is 0.416 e. The van der Waals surface area contributed by atoms with Gasteiger partial charge in [0.25, 0.3) is 0 Å². The summed E-state index contributed by atoms with van der Waals surface area (Å²) in [5, 5.41) is 9.31. The first-order valence-electron chi connectivity index (χ1n) is 4.45. The van der Waals surface area contributed by atoms with Crippen molar-refractivity contribution in [3.63, 3.8) is 0 Å². The zero-order valence-corrected chi connectivity index (χ0v) is 9.07. The van der Waals surface area contributed by atoms with Crippen LogP contribution in [0.15, 0.2) is 18.2 Å². The first kappa shape index (κ1) is 12.8. The van der Waals surface area contributed by atoms with Crippen LogP contribution >= 0.6 is 12.6 Å². The van der Waals surface area contributed by atoms with Crippen molar-refractivity contribution in [1.82, 2.24) is 0 Å². The fourth-order valence-electron chi connectivity index (χ4n) is 1.03. The van der Waals surface area contributed by atoms with Crippen LogP contribution < -0.4 is 0 Å². The molecule has 0 unspecified atom stereocenters. The molecular weight excluding hydrogens is 237 g/mol. The zero-order chi connectivity index (χ0) is 12.2. The molecule has 1 aromatic rings. The van der Waals surface area contributed by atoms with Crippen LogP contribution in [-0.2, 0) is 6.18 Å². The quantitative estimate of drug-likeness (QED) is 0.576. The summed E-state index contributed by atoms with van der Waals surface area (Å²) < 4.78 is 37.0. The highest BCUT2D eigenvalue weighted by Gasteiger charge is 2.30. The van der Waals surface area contributed by atoms with Crippen LogP contribution in [0.3, 0.4) is 0 Å². The Labute approximate surface area is 96.7 Å². The molecule has 0 amide bonds. The molecule has 5 heteroatoms. The van der Waals surface area contributed by atoms with E-state index < -0.39 is 11.7 Å². The molecule has 0 aromatic heterocycles. The van der Waals surface area contributed by atoms with Gasteiger partial charge in [0.15, 0.2) is 0 Å². The molecule has 0 saturated heterocycles. The molecule has 0 aliphatic heterocycles. The Hall–Kier alpha value is -1.28. The third-order valence-corrected chi connectivity index (χ3v) is 2.01. The van der Waals surface area contributed by atoms with Crippen molar-refractivity contribution in [2.24, 2.45) is 0 Å². The fourth-order valence-corrected chi connectivity index (χ4v) is 1.14. The van der Waals surface area contributed by atoms with Crippen molar-refractivity contribution in [1.29, 1.82) is 0 Å². The standard InChI is InChI=1S/C11H9F3OS/c12-11(13,14)9-4-5-10(15)8(7-9)3-1-2-6-16/h4-5,7,15-16H,2,6H2. The molecule has 1 N–H and O–H groups in total. The maximum absolute atomic E-state index is 12.3.